The number of H-pyrrole nitrogens is 2. The van der Waals surface area contributed by atoms with Crippen LogP contribution in [0.1, 0.15) is 0 Å². The molecule has 0 saturated carbocycles. The molecule has 2 N–H and O–H groups in total. The Labute approximate surface area is 78.0 Å². The Balaban J connectivity index is 0.000000167. The van der Waals surface area contributed by atoms with Gasteiger partial charge in [0.2, 0.25) is 0 Å². The van der Waals surface area contributed by atoms with Crippen LogP contribution in [0.4, 0.5) is 0 Å². The average Bonchev–Trinajstić information content (AvgIpc) is 2.67. The van der Waals surface area contributed by atoms with Gasteiger partial charge >= 0.3 is 19.5 Å². The summed E-state index contributed by atoms with van der Waals surface area (Å²) in [5, 5.41) is 0. The first-order valence-corrected chi connectivity index (χ1v) is 2.85. The van der Waals surface area contributed by atoms with Crippen LogP contribution in [0.25, 0.3) is 0 Å². The number of aromatic nitrogens is 3. The van der Waals surface area contributed by atoms with Gasteiger partial charge in [-0.15, -0.1) is 18.6 Å². The summed E-state index contributed by atoms with van der Waals surface area (Å²) in [5.41, 5.74) is 0. The molecule has 0 aliphatic carbocycles. The Kier molecular flexibility index (Phi) is 6.64. The van der Waals surface area contributed by atoms with Gasteiger partial charge in [-0.05, 0) is 6.33 Å². The Bertz CT molecular complexity index is 153. The van der Waals surface area contributed by atoms with Crippen molar-refractivity contribution in [3.05, 3.63) is 43.2 Å². The number of rotatable bonds is 0. The van der Waals surface area contributed by atoms with Crippen molar-refractivity contribution >= 4 is 0 Å². The molecule has 0 fully saturated rings. The molecule has 2 heterocycles. The number of hydrogen-bond acceptors (Lipinski definition) is 1. The first kappa shape index (κ1) is 10.1. The van der Waals surface area contributed by atoms with Gasteiger partial charge < -0.3 is 15.0 Å². The minimum atomic E-state index is 0. The van der Waals surface area contributed by atoms with Crippen LogP contribution in [0.5, 0.6) is 0 Å². The summed E-state index contributed by atoms with van der Waals surface area (Å²) >= 11 is 0. The Morgan fingerprint density at radius 2 is 2.09 bits per heavy atom. The fourth-order valence-corrected chi connectivity index (χ4v) is 0.427. The number of aromatic amines is 2. The predicted octanol–water partition coefficient (Wildman–Crippen LogP) is 1.02. The van der Waals surface area contributed by atoms with Crippen LogP contribution >= 0.6 is 0 Å². The second-order valence-electron chi connectivity index (χ2n) is 1.52. The number of imidazole rings is 1. The van der Waals surface area contributed by atoms with Crippen LogP contribution in [0.2, 0.25) is 0 Å². The summed E-state index contributed by atoms with van der Waals surface area (Å²) in [6, 6.07) is 3.71. The zero-order valence-electron chi connectivity index (χ0n) is 5.69. The molecule has 0 radical (unpaired) electrons. The van der Waals surface area contributed by atoms with Crippen molar-refractivity contribution in [3.8, 4) is 0 Å². The second-order valence-corrected chi connectivity index (χ2v) is 1.52. The molecule has 0 aliphatic rings. The fraction of sp³-hybridized carbons (Fsp3) is 0. The minimum absolute atomic E-state index is 0. The molecule has 0 saturated heterocycles. The van der Waals surface area contributed by atoms with E-state index in [1.165, 1.54) is 0 Å². The molecule has 2 aromatic rings. The van der Waals surface area contributed by atoms with E-state index in [2.05, 4.69) is 27.5 Å². The van der Waals surface area contributed by atoms with E-state index in [1.54, 1.807) is 12.4 Å². The molecule has 58 valence electrons. The van der Waals surface area contributed by atoms with E-state index in [-0.39, 0.29) is 19.5 Å². The maximum Gasteiger partial charge on any atom is 2.00 e. The van der Waals surface area contributed by atoms with Gasteiger partial charge in [-0.2, -0.15) is 18.3 Å². The standard InChI is InChI=1S/C4H4N.C3H3N2.Ru/c1-2-4-5-3-1;1-2-5-3-4-1;/h1-3,5H;1-2H,(H,4,5);/q2*-1;+2. The molecule has 3 nitrogen and oxygen atoms in total. The molecular weight excluding hydrogens is 227 g/mol. The molecule has 0 spiro atoms. The summed E-state index contributed by atoms with van der Waals surface area (Å²) in [5.74, 6) is 0. The number of hydrogen-bond donors (Lipinski definition) is 2. The minimum Gasteiger partial charge on any atom is -0.484 e. The molecule has 0 atom stereocenters. The largest absolute Gasteiger partial charge is 2.00 e. The van der Waals surface area contributed by atoms with Gasteiger partial charge in [-0.25, -0.2) is 0 Å². The summed E-state index contributed by atoms with van der Waals surface area (Å²) in [6.07, 6.45) is 10.4. The average molecular weight is 234 g/mol. The fourth-order valence-electron chi connectivity index (χ4n) is 0.427. The molecule has 0 aromatic carbocycles. The van der Waals surface area contributed by atoms with Crippen molar-refractivity contribution in [2.24, 2.45) is 0 Å². The predicted molar refractivity (Wildman–Crippen MR) is 37.1 cm³/mol. The van der Waals surface area contributed by atoms with Crippen molar-refractivity contribution in [1.29, 1.82) is 0 Å². The summed E-state index contributed by atoms with van der Waals surface area (Å²) in [7, 11) is 0. The third-order valence-electron chi connectivity index (χ3n) is 0.804. The molecule has 0 unspecified atom stereocenters. The molecule has 2 aromatic heterocycles. The van der Waals surface area contributed by atoms with Crippen LogP contribution in [0.3, 0.4) is 0 Å². The smallest absolute Gasteiger partial charge is 0.484 e. The van der Waals surface area contributed by atoms with E-state index in [4.69, 9.17) is 0 Å². The van der Waals surface area contributed by atoms with Crippen LogP contribution in [-0.4, -0.2) is 15.0 Å². The molecule has 4 heteroatoms. The van der Waals surface area contributed by atoms with Crippen molar-refractivity contribution < 1.29 is 19.5 Å². The van der Waals surface area contributed by atoms with Gasteiger partial charge in [0.25, 0.3) is 0 Å². The van der Waals surface area contributed by atoms with Gasteiger partial charge in [-0.3, -0.25) is 0 Å². The summed E-state index contributed by atoms with van der Waals surface area (Å²) < 4.78 is 0. The third kappa shape index (κ3) is 5.55. The van der Waals surface area contributed by atoms with Crippen molar-refractivity contribution in [2.75, 3.05) is 0 Å². The zero-order chi connectivity index (χ0) is 7.07. The van der Waals surface area contributed by atoms with Gasteiger partial charge in [0.15, 0.2) is 0 Å². The normalized spacial score (nSPS) is 7.27. The SMILES string of the molecule is [Ru+2].[c-]1ccc[nH]1.[c-]1ncc[nH]1. The quantitative estimate of drug-likeness (QED) is 0.519. The topological polar surface area (TPSA) is 44.5 Å². The van der Waals surface area contributed by atoms with E-state index < -0.39 is 0 Å². The van der Waals surface area contributed by atoms with E-state index >= 15 is 0 Å². The Morgan fingerprint density at radius 1 is 1.18 bits per heavy atom. The molecule has 0 aliphatic heterocycles. The van der Waals surface area contributed by atoms with E-state index in [9.17, 15) is 0 Å². The van der Waals surface area contributed by atoms with E-state index in [0.717, 1.165) is 0 Å². The van der Waals surface area contributed by atoms with Gasteiger partial charge in [0, 0.05) is 0 Å². The molecular formula is C7H7N3Ru. The number of nitrogens with one attached hydrogen (secondary N) is 2. The number of nitrogens with zero attached hydrogens (tertiary/aromatic N) is 1. The van der Waals surface area contributed by atoms with Crippen LogP contribution < -0.4 is 0 Å². The maximum absolute atomic E-state index is 3.54. The Morgan fingerprint density at radius 3 is 2.27 bits per heavy atom. The van der Waals surface area contributed by atoms with Crippen LogP contribution in [0, 0.1) is 12.5 Å². The third-order valence-corrected chi connectivity index (χ3v) is 0.804. The van der Waals surface area contributed by atoms with Crippen molar-refractivity contribution in [2.45, 2.75) is 0 Å². The molecule has 11 heavy (non-hydrogen) atoms. The summed E-state index contributed by atoms with van der Waals surface area (Å²) in [4.78, 5) is 8.90. The zero-order valence-corrected chi connectivity index (χ0v) is 7.43. The monoisotopic (exact) mass is 235 g/mol. The molecule has 0 amide bonds. The maximum atomic E-state index is 3.54. The second kappa shape index (κ2) is 7.22. The first-order valence-electron chi connectivity index (χ1n) is 2.85. The van der Waals surface area contributed by atoms with Gasteiger partial charge in [-0.1, -0.05) is 0 Å². The van der Waals surface area contributed by atoms with Crippen molar-refractivity contribution in [1.82, 2.24) is 15.0 Å². The summed E-state index contributed by atoms with van der Waals surface area (Å²) in [6.45, 7) is 0. The Hall–Kier alpha value is -0.887. The molecule has 2 rings (SSSR count). The first-order chi connectivity index (χ1) is 5.00. The van der Waals surface area contributed by atoms with Crippen molar-refractivity contribution in [3.63, 3.8) is 0 Å². The van der Waals surface area contributed by atoms with E-state index in [1.807, 2.05) is 18.3 Å². The van der Waals surface area contributed by atoms with Crippen LogP contribution in [0.15, 0.2) is 30.7 Å². The van der Waals surface area contributed by atoms with Gasteiger partial charge in [0.05, 0.1) is 0 Å². The molecule has 0 bridgehead atoms. The van der Waals surface area contributed by atoms with Crippen LogP contribution in [-0.2, 0) is 19.5 Å². The van der Waals surface area contributed by atoms with E-state index in [0.29, 0.717) is 0 Å². The van der Waals surface area contributed by atoms with Gasteiger partial charge in [0.1, 0.15) is 0 Å².